The SMILES string of the molecule is NC(c1ccc(C(=O)O)cc1)C(F)(F)F. The third-order valence-corrected chi connectivity index (χ3v) is 1.87. The van der Waals surface area contributed by atoms with Crippen molar-refractivity contribution in [2.24, 2.45) is 5.73 Å². The zero-order valence-corrected chi connectivity index (χ0v) is 7.45. The fraction of sp³-hybridized carbons (Fsp3) is 0.222. The summed E-state index contributed by atoms with van der Waals surface area (Å²) >= 11 is 0. The molecule has 0 radical (unpaired) electrons. The normalized spacial score (nSPS) is 13.6. The Morgan fingerprint density at radius 1 is 1.27 bits per heavy atom. The molecule has 0 aliphatic heterocycles. The Balaban J connectivity index is 2.94. The molecule has 0 heterocycles. The van der Waals surface area contributed by atoms with Crippen LogP contribution in [0.1, 0.15) is 22.0 Å². The van der Waals surface area contributed by atoms with Crippen molar-refractivity contribution >= 4 is 5.97 Å². The van der Waals surface area contributed by atoms with Crippen LogP contribution in [0.2, 0.25) is 0 Å². The van der Waals surface area contributed by atoms with Gasteiger partial charge in [-0.25, -0.2) is 4.79 Å². The van der Waals surface area contributed by atoms with Crippen LogP contribution in [-0.4, -0.2) is 17.3 Å². The van der Waals surface area contributed by atoms with E-state index in [2.05, 4.69) is 0 Å². The minimum atomic E-state index is -4.52. The molecule has 0 fully saturated rings. The molecule has 0 spiro atoms. The molecule has 82 valence electrons. The van der Waals surface area contributed by atoms with Gasteiger partial charge in [0.2, 0.25) is 0 Å². The van der Waals surface area contributed by atoms with E-state index in [1.807, 2.05) is 0 Å². The Morgan fingerprint density at radius 3 is 2.07 bits per heavy atom. The number of aromatic carboxylic acids is 1. The maximum atomic E-state index is 12.2. The number of carbonyl (C=O) groups is 1. The van der Waals surface area contributed by atoms with Crippen LogP contribution in [0.25, 0.3) is 0 Å². The van der Waals surface area contributed by atoms with Crippen LogP contribution in [0.5, 0.6) is 0 Å². The highest BCUT2D eigenvalue weighted by Gasteiger charge is 2.37. The van der Waals surface area contributed by atoms with E-state index in [1.165, 1.54) is 0 Å². The van der Waals surface area contributed by atoms with Crippen LogP contribution < -0.4 is 5.73 Å². The molecule has 0 aliphatic carbocycles. The minimum absolute atomic E-state index is 0.0758. The smallest absolute Gasteiger partial charge is 0.407 e. The Hall–Kier alpha value is -1.56. The molecular formula is C9H8F3NO2. The summed E-state index contributed by atoms with van der Waals surface area (Å²) in [5.74, 6) is -1.19. The summed E-state index contributed by atoms with van der Waals surface area (Å²) in [6, 6.07) is 2.20. The molecule has 1 atom stereocenters. The van der Waals surface area contributed by atoms with Gasteiger partial charge in [-0.15, -0.1) is 0 Å². The molecule has 0 aliphatic rings. The Kier molecular flexibility index (Phi) is 2.99. The lowest BCUT2D eigenvalue weighted by Crippen LogP contribution is -2.28. The summed E-state index contributed by atoms with van der Waals surface area (Å²) in [7, 11) is 0. The quantitative estimate of drug-likeness (QED) is 0.798. The van der Waals surface area contributed by atoms with Crippen molar-refractivity contribution < 1.29 is 23.1 Å². The van der Waals surface area contributed by atoms with Gasteiger partial charge >= 0.3 is 12.1 Å². The first-order valence-electron chi connectivity index (χ1n) is 3.98. The number of hydrogen-bond donors (Lipinski definition) is 2. The summed E-state index contributed by atoms with van der Waals surface area (Å²) in [5, 5.41) is 8.52. The van der Waals surface area contributed by atoms with Crippen molar-refractivity contribution in [3.63, 3.8) is 0 Å². The first kappa shape index (κ1) is 11.5. The van der Waals surface area contributed by atoms with Crippen LogP contribution in [0.3, 0.4) is 0 Å². The molecule has 1 aromatic carbocycles. The largest absolute Gasteiger partial charge is 0.478 e. The second kappa shape index (κ2) is 3.90. The molecule has 3 nitrogen and oxygen atoms in total. The van der Waals surface area contributed by atoms with E-state index in [4.69, 9.17) is 10.8 Å². The van der Waals surface area contributed by atoms with Crippen molar-refractivity contribution in [3.8, 4) is 0 Å². The Labute approximate surface area is 83.3 Å². The van der Waals surface area contributed by atoms with Crippen LogP contribution >= 0.6 is 0 Å². The topological polar surface area (TPSA) is 63.3 Å². The number of rotatable bonds is 2. The number of hydrogen-bond acceptors (Lipinski definition) is 2. The first-order valence-corrected chi connectivity index (χ1v) is 3.98. The lowest BCUT2D eigenvalue weighted by Gasteiger charge is -2.15. The Morgan fingerprint density at radius 2 is 1.73 bits per heavy atom. The standard InChI is InChI=1S/C9H8F3NO2/c10-9(11,12)7(13)5-1-3-6(4-2-5)8(14)15/h1-4,7H,13H2,(H,14,15). The van der Waals surface area contributed by atoms with Gasteiger partial charge < -0.3 is 10.8 Å². The molecule has 1 aromatic rings. The van der Waals surface area contributed by atoms with Gasteiger partial charge in [0.15, 0.2) is 0 Å². The van der Waals surface area contributed by atoms with E-state index in [1.54, 1.807) is 0 Å². The zero-order valence-electron chi connectivity index (χ0n) is 7.45. The molecular weight excluding hydrogens is 211 g/mol. The van der Waals surface area contributed by atoms with E-state index in [0.717, 1.165) is 24.3 Å². The maximum absolute atomic E-state index is 12.2. The van der Waals surface area contributed by atoms with Crippen LogP contribution in [0.15, 0.2) is 24.3 Å². The minimum Gasteiger partial charge on any atom is -0.478 e. The summed E-state index contributed by atoms with van der Waals surface area (Å²) in [6.07, 6.45) is -4.52. The molecule has 15 heavy (non-hydrogen) atoms. The average molecular weight is 219 g/mol. The fourth-order valence-electron chi connectivity index (χ4n) is 1.02. The van der Waals surface area contributed by atoms with Gasteiger partial charge in [-0.1, -0.05) is 12.1 Å². The summed E-state index contributed by atoms with van der Waals surface area (Å²) in [5.41, 5.74) is 4.69. The van der Waals surface area contributed by atoms with E-state index < -0.39 is 18.2 Å². The van der Waals surface area contributed by atoms with E-state index >= 15 is 0 Å². The summed E-state index contributed by atoms with van der Waals surface area (Å²) < 4.78 is 36.5. The molecule has 0 bridgehead atoms. The second-order valence-electron chi connectivity index (χ2n) is 2.95. The van der Waals surface area contributed by atoms with E-state index in [-0.39, 0.29) is 11.1 Å². The lowest BCUT2D eigenvalue weighted by atomic mass is 10.1. The van der Waals surface area contributed by atoms with Crippen molar-refractivity contribution in [1.29, 1.82) is 0 Å². The third-order valence-electron chi connectivity index (χ3n) is 1.87. The number of benzene rings is 1. The van der Waals surface area contributed by atoms with E-state index in [9.17, 15) is 18.0 Å². The molecule has 0 saturated carbocycles. The second-order valence-corrected chi connectivity index (χ2v) is 2.95. The van der Waals surface area contributed by atoms with Crippen molar-refractivity contribution in [2.75, 3.05) is 0 Å². The molecule has 1 unspecified atom stereocenters. The zero-order chi connectivity index (χ0) is 11.6. The highest BCUT2D eigenvalue weighted by molar-refractivity contribution is 5.87. The highest BCUT2D eigenvalue weighted by atomic mass is 19.4. The predicted octanol–water partition coefficient (Wildman–Crippen LogP) is 1.95. The monoisotopic (exact) mass is 219 g/mol. The summed E-state index contributed by atoms with van der Waals surface area (Å²) in [4.78, 5) is 10.4. The van der Waals surface area contributed by atoms with Crippen LogP contribution in [0.4, 0.5) is 13.2 Å². The van der Waals surface area contributed by atoms with Gasteiger partial charge in [-0.2, -0.15) is 13.2 Å². The van der Waals surface area contributed by atoms with Gasteiger partial charge in [-0.05, 0) is 17.7 Å². The number of carboxylic acid groups (broad SMARTS) is 1. The van der Waals surface area contributed by atoms with Crippen molar-refractivity contribution in [1.82, 2.24) is 0 Å². The highest BCUT2D eigenvalue weighted by Crippen LogP contribution is 2.30. The van der Waals surface area contributed by atoms with E-state index in [0.29, 0.717) is 0 Å². The number of halogens is 3. The van der Waals surface area contributed by atoms with Gasteiger partial charge in [-0.3, -0.25) is 0 Å². The predicted molar refractivity (Wildman–Crippen MR) is 46.4 cm³/mol. The van der Waals surface area contributed by atoms with Crippen molar-refractivity contribution in [3.05, 3.63) is 35.4 Å². The number of carboxylic acids is 1. The third kappa shape index (κ3) is 2.69. The first-order chi connectivity index (χ1) is 6.82. The molecule has 6 heteroatoms. The number of alkyl halides is 3. The molecule has 0 aromatic heterocycles. The molecule has 0 saturated heterocycles. The van der Waals surface area contributed by atoms with Gasteiger partial charge in [0.1, 0.15) is 6.04 Å². The lowest BCUT2D eigenvalue weighted by molar-refractivity contribution is -0.149. The summed E-state index contributed by atoms with van der Waals surface area (Å²) in [6.45, 7) is 0. The molecule has 1 rings (SSSR count). The average Bonchev–Trinajstić information content (AvgIpc) is 2.15. The van der Waals surface area contributed by atoms with Gasteiger partial charge in [0, 0.05) is 0 Å². The van der Waals surface area contributed by atoms with Gasteiger partial charge in [0.25, 0.3) is 0 Å². The van der Waals surface area contributed by atoms with Gasteiger partial charge in [0.05, 0.1) is 5.56 Å². The molecule has 0 amide bonds. The fourth-order valence-corrected chi connectivity index (χ4v) is 1.02. The maximum Gasteiger partial charge on any atom is 0.407 e. The molecule has 3 N–H and O–H groups in total. The van der Waals surface area contributed by atoms with Crippen molar-refractivity contribution in [2.45, 2.75) is 12.2 Å². The van der Waals surface area contributed by atoms with Crippen LogP contribution in [-0.2, 0) is 0 Å². The van der Waals surface area contributed by atoms with Crippen LogP contribution in [0, 0.1) is 0 Å². The Bertz CT molecular complexity index is 359. The number of nitrogens with two attached hydrogens (primary N) is 1.